The Morgan fingerprint density at radius 1 is 1.22 bits per heavy atom. The maximum atomic E-state index is 13.3. The Balaban J connectivity index is 2.33. The van der Waals surface area contributed by atoms with Gasteiger partial charge in [-0.25, -0.2) is 8.78 Å². The Labute approximate surface area is 105 Å². The van der Waals surface area contributed by atoms with Gasteiger partial charge in [0.25, 0.3) is 0 Å². The first kappa shape index (κ1) is 14.7. The summed E-state index contributed by atoms with van der Waals surface area (Å²) in [6, 6.07) is 3.09. The van der Waals surface area contributed by atoms with Crippen molar-refractivity contribution in [1.29, 1.82) is 0 Å². The normalized spacial score (nSPS) is 10.6. The van der Waals surface area contributed by atoms with Crippen molar-refractivity contribution in [3.05, 3.63) is 35.4 Å². The van der Waals surface area contributed by atoms with Crippen molar-refractivity contribution in [3.63, 3.8) is 0 Å². The van der Waals surface area contributed by atoms with E-state index in [1.54, 1.807) is 7.11 Å². The molecule has 0 aliphatic heterocycles. The van der Waals surface area contributed by atoms with Gasteiger partial charge in [-0.1, -0.05) is 0 Å². The van der Waals surface area contributed by atoms with E-state index in [2.05, 4.69) is 0 Å². The average Bonchev–Trinajstić information content (AvgIpc) is 2.33. The Morgan fingerprint density at radius 3 is 2.72 bits per heavy atom. The summed E-state index contributed by atoms with van der Waals surface area (Å²) in [7, 11) is 1.56. The number of Topliss-reactive ketones (excluding diaryl/α,β-unsaturated/α-hetero) is 1. The lowest BCUT2D eigenvalue weighted by Gasteiger charge is -2.04. The third-order valence-corrected chi connectivity index (χ3v) is 2.35. The largest absolute Gasteiger partial charge is 0.382 e. The molecule has 3 nitrogen and oxygen atoms in total. The van der Waals surface area contributed by atoms with Crippen LogP contribution in [0.15, 0.2) is 18.2 Å². The van der Waals surface area contributed by atoms with Crippen LogP contribution in [-0.4, -0.2) is 32.7 Å². The first-order chi connectivity index (χ1) is 8.63. The van der Waals surface area contributed by atoms with Crippen LogP contribution in [0.4, 0.5) is 8.78 Å². The smallest absolute Gasteiger partial charge is 0.139 e. The van der Waals surface area contributed by atoms with E-state index in [-0.39, 0.29) is 30.8 Å². The van der Waals surface area contributed by atoms with E-state index < -0.39 is 11.6 Å². The van der Waals surface area contributed by atoms with Gasteiger partial charge in [-0.05, 0) is 23.8 Å². The van der Waals surface area contributed by atoms with Gasteiger partial charge < -0.3 is 9.47 Å². The minimum atomic E-state index is -0.565. The molecule has 1 aromatic rings. The summed E-state index contributed by atoms with van der Waals surface area (Å²) < 4.78 is 36.0. The summed E-state index contributed by atoms with van der Waals surface area (Å²) in [4.78, 5) is 11.5. The lowest BCUT2D eigenvalue weighted by molar-refractivity contribution is -0.119. The molecule has 0 fully saturated rings. The highest BCUT2D eigenvalue weighted by Crippen LogP contribution is 2.11. The number of carbonyl (C=O) groups is 1. The Bertz CT molecular complexity index is 394. The van der Waals surface area contributed by atoms with Crippen molar-refractivity contribution >= 4 is 5.78 Å². The van der Waals surface area contributed by atoms with Gasteiger partial charge in [-0.2, -0.15) is 0 Å². The standard InChI is InChI=1S/C13H16F2O3/c1-17-6-7-18-5-4-12(16)9-10-8-11(14)2-3-13(10)15/h2-3,8H,4-7,9H2,1H3. The van der Waals surface area contributed by atoms with Crippen molar-refractivity contribution < 1.29 is 23.0 Å². The molecule has 0 N–H and O–H groups in total. The summed E-state index contributed by atoms with van der Waals surface area (Å²) in [6.07, 6.45) is 0.0664. The molecule has 0 bridgehead atoms. The molecule has 0 heterocycles. The lowest BCUT2D eigenvalue weighted by Crippen LogP contribution is -2.10. The molecule has 0 amide bonds. The minimum absolute atomic E-state index is 0.0805. The highest BCUT2D eigenvalue weighted by atomic mass is 19.1. The third-order valence-electron chi connectivity index (χ3n) is 2.35. The minimum Gasteiger partial charge on any atom is -0.382 e. The molecule has 0 spiro atoms. The zero-order chi connectivity index (χ0) is 13.4. The SMILES string of the molecule is COCCOCCC(=O)Cc1cc(F)ccc1F. The van der Waals surface area contributed by atoms with Crippen molar-refractivity contribution in [1.82, 2.24) is 0 Å². The summed E-state index contributed by atoms with van der Waals surface area (Å²) in [5.41, 5.74) is 0.0805. The molecule has 5 heteroatoms. The van der Waals surface area contributed by atoms with E-state index in [4.69, 9.17) is 9.47 Å². The van der Waals surface area contributed by atoms with Gasteiger partial charge in [0.05, 0.1) is 19.8 Å². The molecule has 0 unspecified atom stereocenters. The average molecular weight is 258 g/mol. The summed E-state index contributed by atoms with van der Waals surface area (Å²) in [6.45, 7) is 1.14. The number of halogens is 2. The maximum Gasteiger partial charge on any atom is 0.139 e. The molecule has 18 heavy (non-hydrogen) atoms. The fourth-order valence-electron chi connectivity index (χ4n) is 1.41. The molecule has 100 valence electrons. The van der Waals surface area contributed by atoms with E-state index in [9.17, 15) is 13.6 Å². The van der Waals surface area contributed by atoms with E-state index in [0.717, 1.165) is 18.2 Å². The van der Waals surface area contributed by atoms with Crippen molar-refractivity contribution in [3.8, 4) is 0 Å². The molecular weight excluding hydrogens is 242 g/mol. The third kappa shape index (κ3) is 5.33. The van der Waals surface area contributed by atoms with E-state index in [0.29, 0.717) is 13.2 Å². The molecule has 0 saturated heterocycles. The molecule has 0 aliphatic carbocycles. The van der Waals surface area contributed by atoms with Crippen LogP contribution in [0, 0.1) is 11.6 Å². The van der Waals surface area contributed by atoms with Gasteiger partial charge in [0.1, 0.15) is 17.4 Å². The van der Waals surface area contributed by atoms with Crippen LogP contribution in [0.5, 0.6) is 0 Å². The first-order valence-electron chi connectivity index (χ1n) is 5.66. The Morgan fingerprint density at radius 2 is 2.00 bits per heavy atom. The second kappa shape index (κ2) is 7.89. The molecule has 1 aromatic carbocycles. The number of rotatable bonds is 8. The second-order valence-corrected chi connectivity index (χ2v) is 3.81. The molecule has 1 rings (SSSR count). The summed E-state index contributed by atoms with van der Waals surface area (Å²) in [5.74, 6) is -1.29. The predicted octanol–water partition coefficient (Wildman–Crippen LogP) is 2.13. The van der Waals surface area contributed by atoms with Crippen LogP contribution in [0.3, 0.4) is 0 Å². The number of carbonyl (C=O) groups excluding carboxylic acids is 1. The van der Waals surface area contributed by atoms with Gasteiger partial charge in [0, 0.05) is 20.0 Å². The van der Waals surface area contributed by atoms with Crippen molar-refractivity contribution in [2.75, 3.05) is 26.9 Å². The maximum absolute atomic E-state index is 13.3. The molecular formula is C13H16F2O3. The van der Waals surface area contributed by atoms with Crippen LogP contribution in [-0.2, 0) is 20.7 Å². The Hall–Kier alpha value is -1.33. The first-order valence-corrected chi connectivity index (χ1v) is 5.66. The zero-order valence-corrected chi connectivity index (χ0v) is 10.2. The highest BCUT2D eigenvalue weighted by molar-refractivity contribution is 5.80. The summed E-state index contributed by atoms with van der Waals surface area (Å²) in [5, 5.41) is 0. The monoisotopic (exact) mass is 258 g/mol. The highest BCUT2D eigenvalue weighted by Gasteiger charge is 2.09. The molecule has 0 aromatic heterocycles. The van der Waals surface area contributed by atoms with Crippen molar-refractivity contribution in [2.24, 2.45) is 0 Å². The second-order valence-electron chi connectivity index (χ2n) is 3.81. The summed E-state index contributed by atoms with van der Waals surface area (Å²) >= 11 is 0. The number of hydrogen-bond acceptors (Lipinski definition) is 3. The van der Waals surface area contributed by atoms with E-state index in [1.807, 2.05) is 0 Å². The van der Waals surface area contributed by atoms with Gasteiger partial charge in [0.15, 0.2) is 0 Å². The molecule has 0 radical (unpaired) electrons. The van der Waals surface area contributed by atoms with Crippen LogP contribution >= 0.6 is 0 Å². The number of hydrogen-bond donors (Lipinski definition) is 0. The quantitative estimate of drug-likeness (QED) is 0.670. The van der Waals surface area contributed by atoms with Gasteiger partial charge in [0.2, 0.25) is 0 Å². The van der Waals surface area contributed by atoms with Crippen LogP contribution in [0.25, 0.3) is 0 Å². The van der Waals surface area contributed by atoms with Gasteiger partial charge in [-0.3, -0.25) is 4.79 Å². The lowest BCUT2D eigenvalue weighted by atomic mass is 10.1. The molecule has 0 atom stereocenters. The number of ether oxygens (including phenoxy) is 2. The topological polar surface area (TPSA) is 35.5 Å². The van der Waals surface area contributed by atoms with E-state index in [1.165, 1.54) is 0 Å². The fourth-order valence-corrected chi connectivity index (χ4v) is 1.41. The van der Waals surface area contributed by atoms with Crippen LogP contribution in [0.1, 0.15) is 12.0 Å². The molecule has 0 saturated carbocycles. The van der Waals surface area contributed by atoms with Crippen LogP contribution < -0.4 is 0 Å². The Kier molecular flexibility index (Phi) is 6.46. The van der Waals surface area contributed by atoms with Gasteiger partial charge in [-0.15, -0.1) is 0 Å². The molecule has 0 aliphatic rings. The fraction of sp³-hybridized carbons (Fsp3) is 0.462. The number of ketones is 1. The number of methoxy groups -OCH3 is 1. The van der Waals surface area contributed by atoms with E-state index >= 15 is 0 Å². The zero-order valence-electron chi connectivity index (χ0n) is 10.2. The van der Waals surface area contributed by atoms with Crippen molar-refractivity contribution in [2.45, 2.75) is 12.8 Å². The predicted molar refractivity (Wildman–Crippen MR) is 62.4 cm³/mol. The van der Waals surface area contributed by atoms with Crippen LogP contribution in [0.2, 0.25) is 0 Å². The number of benzene rings is 1. The van der Waals surface area contributed by atoms with Gasteiger partial charge >= 0.3 is 0 Å².